The molecule has 2 fully saturated rings. The molecule has 1 aliphatic carbocycles. The molecule has 0 aromatic heterocycles. The van der Waals surface area contributed by atoms with Gasteiger partial charge in [0.2, 0.25) is 0 Å². The SMILES string of the molecule is CS(=O)(=O)c1ccc([C@H](C2CCC2)N2CCNCC2)cc1.Cl.Cl. The zero-order valence-electron chi connectivity index (χ0n) is 13.4. The van der Waals surface area contributed by atoms with E-state index < -0.39 is 9.84 Å². The lowest BCUT2D eigenvalue weighted by Crippen LogP contribution is -2.47. The summed E-state index contributed by atoms with van der Waals surface area (Å²) < 4.78 is 23.2. The molecule has 1 saturated heterocycles. The van der Waals surface area contributed by atoms with Crippen molar-refractivity contribution in [2.75, 3.05) is 32.4 Å². The highest BCUT2D eigenvalue weighted by atomic mass is 35.5. The minimum Gasteiger partial charge on any atom is -0.314 e. The highest BCUT2D eigenvalue weighted by Crippen LogP contribution is 2.41. The van der Waals surface area contributed by atoms with Gasteiger partial charge >= 0.3 is 0 Å². The number of halogens is 2. The molecule has 0 unspecified atom stereocenters. The van der Waals surface area contributed by atoms with Crippen LogP contribution in [0.2, 0.25) is 0 Å². The second-order valence-electron chi connectivity index (χ2n) is 6.26. The molecule has 1 aromatic rings. The second kappa shape index (κ2) is 8.67. The van der Waals surface area contributed by atoms with Gasteiger partial charge in [-0.1, -0.05) is 18.6 Å². The van der Waals surface area contributed by atoms with Crippen molar-refractivity contribution in [1.82, 2.24) is 10.2 Å². The summed E-state index contributed by atoms with van der Waals surface area (Å²) in [5.41, 5.74) is 1.27. The van der Waals surface area contributed by atoms with Crippen molar-refractivity contribution in [2.45, 2.75) is 30.2 Å². The molecule has 2 aliphatic rings. The number of hydrogen-bond acceptors (Lipinski definition) is 4. The van der Waals surface area contributed by atoms with Crippen LogP contribution in [0.25, 0.3) is 0 Å². The maximum absolute atomic E-state index is 11.6. The van der Waals surface area contributed by atoms with E-state index in [9.17, 15) is 8.42 Å². The first kappa shape index (κ1) is 20.7. The van der Waals surface area contributed by atoms with E-state index in [1.807, 2.05) is 12.1 Å². The van der Waals surface area contributed by atoms with E-state index in [4.69, 9.17) is 0 Å². The number of benzene rings is 1. The summed E-state index contributed by atoms with van der Waals surface area (Å²) in [6.45, 7) is 4.25. The van der Waals surface area contributed by atoms with Gasteiger partial charge in [0.15, 0.2) is 9.84 Å². The van der Waals surface area contributed by atoms with Crippen molar-refractivity contribution in [3.63, 3.8) is 0 Å². The van der Waals surface area contributed by atoms with E-state index in [1.165, 1.54) is 31.1 Å². The normalized spacial score (nSPS) is 20.7. The van der Waals surface area contributed by atoms with Gasteiger partial charge in [-0.05, 0) is 36.5 Å². The number of rotatable bonds is 4. The van der Waals surface area contributed by atoms with E-state index in [2.05, 4.69) is 10.2 Å². The minimum absolute atomic E-state index is 0. The summed E-state index contributed by atoms with van der Waals surface area (Å²) in [5, 5.41) is 3.40. The zero-order valence-corrected chi connectivity index (χ0v) is 15.9. The summed E-state index contributed by atoms with van der Waals surface area (Å²) in [7, 11) is -3.11. The second-order valence-corrected chi connectivity index (χ2v) is 8.28. The van der Waals surface area contributed by atoms with Crippen LogP contribution < -0.4 is 5.32 Å². The number of nitrogens with one attached hydrogen (secondary N) is 1. The van der Waals surface area contributed by atoms with Gasteiger partial charge < -0.3 is 5.32 Å². The Morgan fingerprint density at radius 1 is 1.09 bits per heavy atom. The molecular formula is C16H26Cl2N2O2S. The monoisotopic (exact) mass is 380 g/mol. The van der Waals surface area contributed by atoms with E-state index in [1.54, 1.807) is 12.1 Å². The average Bonchev–Trinajstić information content (AvgIpc) is 2.43. The molecule has 1 N–H and O–H groups in total. The minimum atomic E-state index is -3.11. The van der Waals surface area contributed by atoms with Gasteiger partial charge in [0.05, 0.1) is 4.90 Å². The van der Waals surface area contributed by atoms with E-state index in [-0.39, 0.29) is 24.8 Å². The third kappa shape index (κ3) is 4.83. The molecule has 0 bridgehead atoms. The van der Waals surface area contributed by atoms with Crippen molar-refractivity contribution in [2.24, 2.45) is 5.92 Å². The van der Waals surface area contributed by atoms with Crippen molar-refractivity contribution in [1.29, 1.82) is 0 Å². The fourth-order valence-corrected chi connectivity index (χ4v) is 4.04. The van der Waals surface area contributed by atoms with E-state index in [0.29, 0.717) is 10.9 Å². The molecule has 1 atom stereocenters. The van der Waals surface area contributed by atoms with Gasteiger partial charge in [0.25, 0.3) is 0 Å². The van der Waals surface area contributed by atoms with Crippen molar-refractivity contribution in [3.8, 4) is 0 Å². The summed E-state index contributed by atoms with van der Waals surface area (Å²) in [6, 6.07) is 8.01. The van der Waals surface area contributed by atoms with Crippen molar-refractivity contribution < 1.29 is 8.42 Å². The molecule has 1 saturated carbocycles. The number of piperazine rings is 1. The van der Waals surface area contributed by atoms with Crippen LogP contribution >= 0.6 is 24.8 Å². The van der Waals surface area contributed by atoms with Crippen molar-refractivity contribution in [3.05, 3.63) is 29.8 Å². The fourth-order valence-electron chi connectivity index (χ4n) is 3.41. The quantitative estimate of drug-likeness (QED) is 0.871. The van der Waals surface area contributed by atoms with Crippen molar-refractivity contribution >= 4 is 34.7 Å². The lowest BCUT2D eigenvalue weighted by Gasteiger charge is -2.43. The summed E-state index contributed by atoms with van der Waals surface area (Å²) in [4.78, 5) is 2.98. The first-order valence-electron chi connectivity index (χ1n) is 7.80. The van der Waals surface area contributed by atoms with Crippen LogP contribution in [0.3, 0.4) is 0 Å². The zero-order chi connectivity index (χ0) is 14.9. The van der Waals surface area contributed by atoms with E-state index in [0.717, 1.165) is 32.1 Å². The summed E-state index contributed by atoms with van der Waals surface area (Å²) in [5.74, 6) is 0.729. The lowest BCUT2D eigenvalue weighted by atomic mass is 9.76. The molecule has 23 heavy (non-hydrogen) atoms. The maximum Gasteiger partial charge on any atom is 0.175 e. The fraction of sp³-hybridized carbons (Fsp3) is 0.625. The predicted octanol–water partition coefficient (Wildman–Crippen LogP) is 2.68. The van der Waals surface area contributed by atoms with Gasteiger partial charge in [-0.3, -0.25) is 4.90 Å². The van der Waals surface area contributed by atoms with Crippen LogP contribution in [0.5, 0.6) is 0 Å². The molecule has 1 aromatic carbocycles. The van der Waals surface area contributed by atoms with Crippen LogP contribution in [0.4, 0.5) is 0 Å². The molecule has 4 nitrogen and oxygen atoms in total. The Morgan fingerprint density at radius 3 is 2.09 bits per heavy atom. The highest BCUT2D eigenvalue weighted by Gasteiger charge is 2.33. The van der Waals surface area contributed by atoms with Gasteiger partial charge in [-0.15, -0.1) is 24.8 Å². The van der Waals surface area contributed by atoms with Gasteiger partial charge in [0.1, 0.15) is 0 Å². The largest absolute Gasteiger partial charge is 0.314 e. The molecule has 0 spiro atoms. The van der Waals surface area contributed by atoms with Crippen LogP contribution in [0.15, 0.2) is 29.2 Å². The maximum atomic E-state index is 11.6. The number of sulfone groups is 1. The number of hydrogen-bond donors (Lipinski definition) is 1. The van der Waals surface area contributed by atoms with Gasteiger partial charge in [-0.2, -0.15) is 0 Å². The van der Waals surface area contributed by atoms with Crippen LogP contribution in [0.1, 0.15) is 30.9 Å². The van der Waals surface area contributed by atoms with Crippen LogP contribution in [-0.4, -0.2) is 45.8 Å². The molecule has 7 heteroatoms. The number of nitrogens with zero attached hydrogens (tertiary/aromatic N) is 1. The molecule has 3 rings (SSSR count). The lowest BCUT2D eigenvalue weighted by molar-refractivity contribution is 0.0837. The molecule has 0 radical (unpaired) electrons. The molecule has 1 aliphatic heterocycles. The van der Waals surface area contributed by atoms with Gasteiger partial charge in [-0.25, -0.2) is 8.42 Å². The molecule has 1 heterocycles. The molecule has 132 valence electrons. The standard InChI is InChI=1S/C16H24N2O2S.2ClH/c1-21(19,20)15-7-5-14(6-8-15)16(13-3-2-4-13)18-11-9-17-10-12-18;;/h5-8,13,16-17H,2-4,9-12H2,1H3;2*1H/t16-;;/m0../s1. The first-order valence-corrected chi connectivity index (χ1v) is 9.69. The smallest absolute Gasteiger partial charge is 0.175 e. The summed E-state index contributed by atoms with van der Waals surface area (Å²) >= 11 is 0. The molecular weight excluding hydrogens is 355 g/mol. The summed E-state index contributed by atoms with van der Waals surface area (Å²) in [6.07, 6.45) is 5.18. The van der Waals surface area contributed by atoms with Crippen LogP contribution in [-0.2, 0) is 9.84 Å². The third-order valence-electron chi connectivity index (χ3n) is 4.79. The Balaban J connectivity index is 0.00000132. The Bertz CT molecular complexity index is 583. The topological polar surface area (TPSA) is 49.4 Å². The molecule has 0 amide bonds. The van der Waals surface area contributed by atoms with E-state index >= 15 is 0 Å². The Hall–Kier alpha value is -0.330. The predicted molar refractivity (Wildman–Crippen MR) is 98.6 cm³/mol. The highest BCUT2D eigenvalue weighted by molar-refractivity contribution is 7.90. The Morgan fingerprint density at radius 2 is 1.65 bits per heavy atom. The average molecular weight is 381 g/mol. The first-order chi connectivity index (χ1) is 10.1. The van der Waals surface area contributed by atoms with Gasteiger partial charge in [0, 0.05) is 38.5 Å². The third-order valence-corrected chi connectivity index (χ3v) is 5.92. The Labute approximate surface area is 151 Å². The van der Waals surface area contributed by atoms with Crippen LogP contribution in [0, 0.1) is 5.92 Å². The Kier molecular flexibility index (Phi) is 7.81.